The molecule has 0 N–H and O–H groups in total. The Morgan fingerprint density at radius 2 is 1.73 bits per heavy atom. The Bertz CT molecular complexity index is 93.0. The molecule has 11 heavy (non-hydrogen) atoms. The van der Waals surface area contributed by atoms with Gasteiger partial charge in [0.1, 0.15) is 0 Å². The monoisotopic (exact) mass is 155 g/mol. The maximum absolute atomic E-state index is 10.6. The summed E-state index contributed by atoms with van der Waals surface area (Å²) in [6, 6.07) is 0. The summed E-state index contributed by atoms with van der Waals surface area (Å²) in [5.41, 5.74) is 0. The van der Waals surface area contributed by atoms with Gasteiger partial charge in [-0.1, -0.05) is 45.4 Å². The number of rotatable bonds is 2. The Kier molecular flexibility index (Phi) is 3.92. The maximum atomic E-state index is 10.6. The lowest BCUT2D eigenvalue weighted by Gasteiger charge is -2.18. The van der Waals surface area contributed by atoms with E-state index in [9.17, 15) is 5.11 Å². The summed E-state index contributed by atoms with van der Waals surface area (Å²) < 4.78 is 0. The first-order chi connectivity index (χ1) is 5.34. The van der Waals surface area contributed by atoms with Crippen molar-refractivity contribution in [1.82, 2.24) is 0 Å². The third-order valence-corrected chi connectivity index (χ3v) is 2.97. The molecule has 1 radical (unpaired) electrons. The van der Waals surface area contributed by atoms with Gasteiger partial charge in [-0.15, -0.1) is 0 Å². The highest BCUT2D eigenvalue weighted by Crippen LogP contribution is 2.28. The van der Waals surface area contributed by atoms with Gasteiger partial charge in [-0.25, -0.2) is 5.11 Å². The summed E-state index contributed by atoms with van der Waals surface area (Å²) in [6.45, 7) is 2.24. The summed E-state index contributed by atoms with van der Waals surface area (Å²) in [5, 5.41) is 10.6. The average Bonchev–Trinajstić information content (AvgIpc) is 2.30. The van der Waals surface area contributed by atoms with E-state index in [1.807, 2.05) is 0 Å². The summed E-state index contributed by atoms with van der Waals surface area (Å²) >= 11 is 0. The maximum Gasteiger partial charge on any atom is 0.0850 e. The molecule has 0 saturated heterocycles. The topological polar surface area (TPSA) is 19.9 Å². The predicted octanol–water partition coefficient (Wildman–Crippen LogP) is 3.02. The first-order valence-corrected chi connectivity index (χ1v) is 4.92. The highest BCUT2D eigenvalue weighted by Gasteiger charge is 2.18. The predicted molar refractivity (Wildman–Crippen MR) is 45.9 cm³/mol. The molecule has 1 unspecified atom stereocenters. The number of hydrogen-bond donors (Lipinski definition) is 0. The molecule has 0 aliphatic heterocycles. The van der Waals surface area contributed by atoms with Gasteiger partial charge in [0.2, 0.25) is 0 Å². The molecule has 0 spiro atoms. The molecule has 0 heterocycles. The zero-order valence-electron chi connectivity index (χ0n) is 7.51. The Morgan fingerprint density at radius 3 is 2.18 bits per heavy atom. The molecule has 65 valence electrons. The van der Waals surface area contributed by atoms with Gasteiger partial charge in [0, 0.05) is 0 Å². The highest BCUT2D eigenvalue weighted by molar-refractivity contribution is 4.69. The van der Waals surface area contributed by atoms with Gasteiger partial charge in [0.05, 0.1) is 6.61 Å². The average molecular weight is 155 g/mol. The van der Waals surface area contributed by atoms with Crippen molar-refractivity contribution in [2.75, 3.05) is 6.61 Å². The molecule has 1 rings (SSSR count). The first kappa shape index (κ1) is 9.05. The van der Waals surface area contributed by atoms with Crippen LogP contribution in [0, 0.1) is 11.8 Å². The van der Waals surface area contributed by atoms with E-state index in [1.54, 1.807) is 0 Å². The van der Waals surface area contributed by atoms with Gasteiger partial charge < -0.3 is 0 Å². The van der Waals surface area contributed by atoms with Crippen molar-refractivity contribution >= 4 is 0 Å². The second kappa shape index (κ2) is 4.76. The van der Waals surface area contributed by atoms with Crippen molar-refractivity contribution in [2.24, 2.45) is 11.8 Å². The normalized spacial score (nSPS) is 24.5. The first-order valence-electron chi connectivity index (χ1n) is 4.92. The van der Waals surface area contributed by atoms with Crippen LogP contribution in [-0.4, -0.2) is 6.61 Å². The van der Waals surface area contributed by atoms with Gasteiger partial charge in [-0.3, -0.25) is 0 Å². The third kappa shape index (κ3) is 2.82. The van der Waals surface area contributed by atoms with E-state index in [0.29, 0.717) is 5.92 Å². The fourth-order valence-electron chi connectivity index (χ4n) is 2.02. The standard InChI is InChI=1S/C10H19O/c1-9(8-11)10-6-4-2-3-5-7-10/h9-10H,2-8H2,1H3. The Morgan fingerprint density at radius 1 is 1.18 bits per heavy atom. The Labute approximate surface area is 69.8 Å². The summed E-state index contributed by atoms with van der Waals surface area (Å²) in [7, 11) is 0. The van der Waals surface area contributed by atoms with Gasteiger partial charge in [-0.05, 0) is 11.8 Å². The lowest BCUT2D eigenvalue weighted by Crippen LogP contribution is -2.13. The van der Waals surface area contributed by atoms with E-state index >= 15 is 0 Å². The quantitative estimate of drug-likeness (QED) is 0.546. The summed E-state index contributed by atoms with van der Waals surface area (Å²) in [6.07, 6.45) is 8.11. The fourth-order valence-corrected chi connectivity index (χ4v) is 2.02. The third-order valence-electron chi connectivity index (χ3n) is 2.97. The van der Waals surface area contributed by atoms with Crippen LogP contribution < -0.4 is 0 Å². The molecule has 0 bridgehead atoms. The molecule has 1 saturated carbocycles. The molecule has 0 aromatic carbocycles. The Balaban J connectivity index is 2.30. The molecule has 1 heteroatoms. The molecule has 0 aromatic heterocycles. The van der Waals surface area contributed by atoms with Crippen LogP contribution in [0.1, 0.15) is 45.4 Å². The van der Waals surface area contributed by atoms with E-state index < -0.39 is 0 Å². The SMILES string of the molecule is CC(C[O])C1CCCCCC1. The van der Waals surface area contributed by atoms with Crippen LogP contribution in [0.5, 0.6) is 0 Å². The van der Waals surface area contributed by atoms with E-state index in [4.69, 9.17) is 0 Å². The summed E-state index contributed by atoms with van der Waals surface area (Å²) in [5.74, 6) is 1.17. The van der Waals surface area contributed by atoms with Gasteiger partial charge in [0.25, 0.3) is 0 Å². The molecule has 1 aliphatic rings. The van der Waals surface area contributed by atoms with Crippen LogP contribution in [0.25, 0.3) is 0 Å². The van der Waals surface area contributed by atoms with E-state index in [0.717, 1.165) is 5.92 Å². The summed E-state index contributed by atoms with van der Waals surface area (Å²) in [4.78, 5) is 0. The lowest BCUT2D eigenvalue weighted by molar-refractivity contribution is 0.114. The minimum atomic E-state index is 0.130. The van der Waals surface area contributed by atoms with Gasteiger partial charge in [0.15, 0.2) is 0 Å². The molecule has 1 aliphatic carbocycles. The van der Waals surface area contributed by atoms with E-state index in [-0.39, 0.29) is 6.61 Å². The Hall–Kier alpha value is -0.0400. The molecule has 0 aromatic rings. The second-order valence-corrected chi connectivity index (χ2v) is 3.90. The van der Waals surface area contributed by atoms with Crippen LogP contribution >= 0.6 is 0 Å². The van der Waals surface area contributed by atoms with Crippen molar-refractivity contribution in [1.29, 1.82) is 0 Å². The molecular formula is C10H19O. The smallest absolute Gasteiger partial charge is 0.0850 e. The van der Waals surface area contributed by atoms with Crippen molar-refractivity contribution in [3.8, 4) is 0 Å². The molecular weight excluding hydrogens is 136 g/mol. The highest BCUT2D eigenvalue weighted by atomic mass is 16.3. The number of hydrogen-bond acceptors (Lipinski definition) is 0. The van der Waals surface area contributed by atoms with Crippen LogP contribution in [0.2, 0.25) is 0 Å². The van der Waals surface area contributed by atoms with E-state index in [1.165, 1.54) is 38.5 Å². The minimum absolute atomic E-state index is 0.130. The van der Waals surface area contributed by atoms with E-state index in [2.05, 4.69) is 6.92 Å². The second-order valence-electron chi connectivity index (χ2n) is 3.90. The van der Waals surface area contributed by atoms with Gasteiger partial charge >= 0.3 is 0 Å². The molecule has 0 amide bonds. The minimum Gasteiger partial charge on any atom is -0.236 e. The van der Waals surface area contributed by atoms with Crippen molar-refractivity contribution in [2.45, 2.75) is 45.4 Å². The molecule has 1 atom stereocenters. The zero-order chi connectivity index (χ0) is 8.10. The van der Waals surface area contributed by atoms with Crippen molar-refractivity contribution in [3.05, 3.63) is 0 Å². The van der Waals surface area contributed by atoms with Crippen LogP contribution in [0.4, 0.5) is 0 Å². The largest absolute Gasteiger partial charge is 0.236 e. The van der Waals surface area contributed by atoms with Crippen molar-refractivity contribution in [3.63, 3.8) is 0 Å². The van der Waals surface area contributed by atoms with Crippen LogP contribution in [-0.2, 0) is 5.11 Å². The van der Waals surface area contributed by atoms with Crippen LogP contribution in [0.15, 0.2) is 0 Å². The van der Waals surface area contributed by atoms with Gasteiger partial charge in [-0.2, -0.15) is 0 Å². The van der Waals surface area contributed by atoms with Crippen LogP contribution in [0.3, 0.4) is 0 Å². The lowest BCUT2D eigenvalue weighted by atomic mass is 9.88. The fraction of sp³-hybridized carbons (Fsp3) is 1.00. The zero-order valence-corrected chi connectivity index (χ0v) is 7.51. The molecule has 1 fully saturated rings. The van der Waals surface area contributed by atoms with Crippen molar-refractivity contribution < 1.29 is 5.11 Å². The molecule has 1 nitrogen and oxygen atoms in total.